The van der Waals surface area contributed by atoms with E-state index in [9.17, 15) is 13.6 Å². The zero-order valence-electron chi connectivity index (χ0n) is 11.4. The lowest BCUT2D eigenvalue weighted by atomic mass is 10.1. The summed E-state index contributed by atoms with van der Waals surface area (Å²) in [6.07, 6.45) is 0. The fourth-order valence-corrected chi connectivity index (χ4v) is 3.98. The van der Waals surface area contributed by atoms with Crippen molar-refractivity contribution in [2.24, 2.45) is 0 Å². The molecule has 0 N–H and O–H groups in total. The first-order valence-corrected chi connectivity index (χ1v) is 8.08. The van der Waals surface area contributed by atoms with E-state index < -0.39 is 11.6 Å². The first kappa shape index (κ1) is 15.3. The average Bonchev–Trinajstić information content (AvgIpc) is 2.80. The predicted octanol–water partition coefficient (Wildman–Crippen LogP) is 4.39. The van der Waals surface area contributed by atoms with E-state index in [0.29, 0.717) is 16.3 Å². The molecule has 0 spiro atoms. The third kappa shape index (κ3) is 3.10. The molecule has 1 atom stereocenters. The number of amides is 1. The van der Waals surface area contributed by atoms with Crippen molar-refractivity contribution in [2.75, 3.05) is 5.75 Å². The molecule has 0 saturated carbocycles. The molecule has 1 amide bonds. The molecule has 2 aromatic carbocycles. The van der Waals surface area contributed by atoms with E-state index in [-0.39, 0.29) is 17.8 Å². The fourth-order valence-electron chi connectivity index (χ4n) is 2.46. The van der Waals surface area contributed by atoms with Crippen molar-refractivity contribution in [2.45, 2.75) is 11.9 Å². The number of carbonyl (C=O) groups is 1. The minimum absolute atomic E-state index is 0.0698. The van der Waals surface area contributed by atoms with Gasteiger partial charge in [0, 0.05) is 23.2 Å². The summed E-state index contributed by atoms with van der Waals surface area (Å²) in [7, 11) is 0. The van der Waals surface area contributed by atoms with Crippen LogP contribution in [0.5, 0.6) is 0 Å². The van der Waals surface area contributed by atoms with E-state index in [0.717, 1.165) is 11.6 Å². The summed E-state index contributed by atoms with van der Waals surface area (Å²) in [6, 6.07) is 10.6. The van der Waals surface area contributed by atoms with E-state index >= 15 is 0 Å². The Balaban J connectivity index is 1.90. The summed E-state index contributed by atoms with van der Waals surface area (Å²) in [5, 5.41) is 0.331. The van der Waals surface area contributed by atoms with Crippen molar-refractivity contribution in [3.8, 4) is 0 Å². The number of hydrogen-bond donors (Lipinski definition) is 0. The molecule has 0 bridgehead atoms. The van der Waals surface area contributed by atoms with Crippen LogP contribution in [0.25, 0.3) is 0 Å². The molecule has 1 aliphatic heterocycles. The van der Waals surface area contributed by atoms with E-state index in [1.54, 1.807) is 11.0 Å². The zero-order valence-corrected chi connectivity index (χ0v) is 13.0. The van der Waals surface area contributed by atoms with Crippen molar-refractivity contribution in [3.05, 3.63) is 70.2 Å². The molecule has 114 valence electrons. The molecule has 1 aliphatic rings. The van der Waals surface area contributed by atoms with Gasteiger partial charge >= 0.3 is 0 Å². The number of halogens is 3. The van der Waals surface area contributed by atoms with Crippen molar-refractivity contribution < 1.29 is 13.6 Å². The van der Waals surface area contributed by atoms with Gasteiger partial charge < -0.3 is 4.90 Å². The predicted molar refractivity (Wildman–Crippen MR) is 83.6 cm³/mol. The Labute approximate surface area is 136 Å². The molecule has 0 aliphatic carbocycles. The molecule has 2 nitrogen and oxygen atoms in total. The Kier molecular flexibility index (Phi) is 4.36. The lowest BCUT2D eigenvalue weighted by Crippen LogP contribution is -2.27. The summed E-state index contributed by atoms with van der Waals surface area (Å²) >= 11 is 7.66. The number of thioether (sulfide) groups is 1. The quantitative estimate of drug-likeness (QED) is 0.826. The summed E-state index contributed by atoms with van der Waals surface area (Å²) < 4.78 is 26.6. The molecule has 1 heterocycles. The Morgan fingerprint density at radius 2 is 1.86 bits per heavy atom. The van der Waals surface area contributed by atoms with Crippen LogP contribution in [0.1, 0.15) is 16.5 Å². The maximum absolute atomic E-state index is 13.3. The van der Waals surface area contributed by atoms with Gasteiger partial charge in [-0.25, -0.2) is 8.78 Å². The highest BCUT2D eigenvalue weighted by Gasteiger charge is 2.33. The molecule has 1 saturated heterocycles. The number of benzene rings is 2. The molecule has 1 fully saturated rings. The highest BCUT2D eigenvalue weighted by atomic mass is 35.5. The first-order chi connectivity index (χ1) is 10.5. The van der Waals surface area contributed by atoms with Gasteiger partial charge in [-0.15, -0.1) is 11.8 Å². The first-order valence-electron chi connectivity index (χ1n) is 6.65. The Bertz CT molecular complexity index is 705. The van der Waals surface area contributed by atoms with E-state index in [1.807, 2.05) is 18.2 Å². The molecular formula is C16H12ClF2NOS. The minimum Gasteiger partial charge on any atom is -0.321 e. The zero-order chi connectivity index (χ0) is 15.7. The lowest BCUT2D eigenvalue weighted by Gasteiger charge is -2.25. The molecule has 22 heavy (non-hydrogen) atoms. The summed E-state index contributed by atoms with van der Waals surface area (Å²) in [6.45, 7) is 0.149. The Morgan fingerprint density at radius 3 is 2.55 bits per heavy atom. The molecule has 3 rings (SSSR count). The standard InChI is InChI=1S/C16H12ClF2NOS/c17-14-4-2-1-3-13(14)16-20(15(21)9-22-16)8-10-5-11(18)7-12(19)6-10/h1-7,16H,8-9H2. The highest BCUT2D eigenvalue weighted by molar-refractivity contribution is 8.00. The van der Waals surface area contributed by atoms with Gasteiger partial charge in [0.15, 0.2) is 0 Å². The van der Waals surface area contributed by atoms with Crippen LogP contribution in [0.2, 0.25) is 5.02 Å². The van der Waals surface area contributed by atoms with Crippen molar-refractivity contribution in [1.29, 1.82) is 0 Å². The van der Waals surface area contributed by atoms with Crippen LogP contribution in [-0.4, -0.2) is 16.6 Å². The van der Waals surface area contributed by atoms with Gasteiger partial charge in [0.1, 0.15) is 17.0 Å². The number of carbonyl (C=O) groups excluding carboxylic acids is 1. The molecule has 0 aromatic heterocycles. The second kappa shape index (κ2) is 6.26. The Hall–Kier alpha value is -1.59. The second-order valence-corrected chi connectivity index (χ2v) is 6.46. The molecule has 6 heteroatoms. The van der Waals surface area contributed by atoms with Crippen molar-refractivity contribution in [1.82, 2.24) is 4.90 Å². The minimum atomic E-state index is -0.649. The molecular weight excluding hydrogens is 328 g/mol. The highest BCUT2D eigenvalue weighted by Crippen LogP contribution is 2.42. The summed E-state index contributed by atoms with van der Waals surface area (Å²) in [4.78, 5) is 13.7. The van der Waals surface area contributed by atoms with Crippen LogP contribution < -0.4 is 0 Å². The van der Waals surface area contributed by atoms with Crippen LogP contribution in [0.15, 0.2) is 42.5 Å². The van der Waals surface area contributed by atoms with Gasteiger partial charge in [0.25, 0.3) is 0 Å². The largest absolute Gasteiger partial charge is 0.321 e. The van der Waals surface area contributed by atoms with Gasteiger partial charge in [0.2, 0.25) is 5.91 Å². The van der Waals surface area contributed by atoms with Crippen LogP contribution in [0.3, 0.4) is 0 Å². The van der Waals surface area contributed by atoms with Crippen molar-refractivity contribution >= 4 is 29.3 Å². The van der Waals surface area contributed by atoms with Crippen LogP contribution in [0, 0.1) is 11.6 Å². The smallest absolute Gasteiger partial charge is 0.234 e. The van der Waals surface area contributed by atoms with Gasteiger partial charge in [-0.05, 0) is 23.8 Å². The molecule has 1 unspecified atom stereocenters. The number of hydrogen-bond acceptors (Lipinski definition) is 2. The van der Waals surface area contributed by atoms with Crippen LogP contribution in [0.4, 0.5) is 8.78 Å². The van der Waals surface area contributed by atoms with Crippen LogP contribution in [-0.2, 0) is 11.3 Å². The normalized spacial score (nSPS) is 18.0. The topological polar surface area (TPSA) is 20.3 Å². The maximum Gasteiger partial charge on any atom is 0.234 e. The monoisotopic (exact) mass is 339 g/mol. The SMILES string of the molecule is O=C1CSC(c2ccccc2Cl)N1Cc1cc(F)cc(F)c1. The number of rotatable bonds is 3. The van der Waals surface area contributed by atoms with E-state index in [2.05, 4.69) is 0 Å². The Morgan fingerprint density at radius 1 is 1.18 bits per heavy atom. The van der Waals surface area contributed by atoms with Crippen molar-refractivity contribution in [3.63, 3.8) is 0 Å². The number of nitrogens with zero attached hydrogens (tertiary/aromatic N) is 1. The lowest BCUT2D eigenvalue weighted by molar-refractivity contribution is -0.128. The van der Waals surface area contributed by atoms with Gasteiger partial charge in [-0.3, -0.25) is 4.79 Å². The van der Waals surface area contributed by atoms with Crippen LogP contribution >= 0.6 is 23.4 Å². The third-order valence-corrected chi connectivity index (χ3v) is 5.00. The summed E-state index contributed by atoms with van der Waals surface area (Å²) in [5.41, 5.74) is 1.25. The third-order valence-electron chi connectivity index (χ3n) is 3.41. The fraction of sp³-hybridized carbons (Fsp3) is 0.188. The average molecular weight is 340 g/mol. The van der Waals surface area contributed by atoms with E-state index in [4.69, 9.17) is 11.6 Å². The maximum atomic E-state index is 13.3. The summed E-state index contributed by atoms with van der Waals surface area (Å²) in [5.74, 6) is -1.04. The van der Waals surface area contributed by atoms with Gasteiger partial charge in [0.05, 0.1) is 5.75 Å². The second-order valence-electron chi connectivity index (χ2n) is 4.98. The molecule has 2 aromatic rings. The van der Waals surface area contributed by atoms with Gasteiger partial charge in [-0.1, -0.05) is 29.8 Å². The van der Waals surface area contributed by atoms with Gasteiger partial charge in [-0.2, -0.15) is 0 Å². The molecule has 0 radical (unpaired) electrons. The van der Waals surface area contributed by atoms with E-state index in [1.165, 1.54) is 23.9 Å².